The Bertz CT molecular complexity index is 971. The van der Waals surface area contributed by atoms with Crippen molar-refractivity contribution in [3.8, 4) is 28.5 Å². The molecule has 0 amide bonds. The Balaban J connectivity index is 2.29. The number of rotatable bonds is 2. The van der Waals surface area contributed by atoms with Crippen molar-refractivity contribution in [2.45, 2.75) is 13.8 Å². The van der Waals surface area contributed by atoms with E-state index in [1.165, 1.54) is 5.56 Å². The van der Waals surface area contributed by atoms with E-state index < -0.39 is 0 Å². The molecule has 0 atom stereocenters. The highest BCUT2D eigenvalue weighted by molar-refractivity contribution is 6.33. The zero-order valence-electron chi connectivity index (χ0n) is 13.5. The molecule has 3 aromatic rings. The molecular weight excluding hydrogens is 318 g/mol. The third-order valence-electron chi connectivity index (χ3n) is 3.98. The van der Waals surface area contributed by atoms with Crippen LogP contribution >= 0.6 is 11.6 Å². The summed E-state index contributed by atoms with van der Waals surface area (Å²) in [6.07, 6.45) is 0. The normalized spacial score (nSPS) is 10.4. The second-order valence-electron chi connectivity index (χ2n) is 5.73. The summed E-state index contributed by atoms with van der Waals surface area (Å²) < 4.78 is 0. The number of halogens is 1. The van der Waals surface area contributed by atoms with Crippen LogP contribution in [-0.4, -0.2) is 4.98 Å². The van der Waals surface area contributed by atoms with Gasteiger partial charge in [0.2, 0.25) is 0 Å². The molecule has 0 fully saturated rings. The van der Waals surface area contributed by atoms with Crippen molar-refractivity contribution in [3.63, 3.8) is 0 Å². The quantitative estimate of drug-likeness (QED) is 0.706. The van der Waals surface area contributed by atoms with Gasteiger partial charge >= 0.3 is 0 Å². The van der Waals surface area contributed by atoms with Crippen LogP contribution in [0.3, 0.4) is 0 Å². The van der Waals surface area contributed by atoms with Gasteiger partial charge in [-0.3, -0.25) is 0 Å². The summed E-state index contributed by atoms with van der Waals surface area (Å²) in [6, 6.07) is 17.6. The van der Waals surface area contributed by atoms with Gasteiger partial charge in [0.05, 0.1) is 5.69 Å². The molecule has 2 N–H and O–H groups in total. The molecule has 0 aliphatic rings. The van der Waals surface area contributed by atoms with Crippen molar-refractivity contribution in [3.05, 3.63) is 70.2 Å². The molecule has 0 saturated heterocycles. The predicted octanol–water partition coefficient (Wildman–Crippen LogP) is 5.14. The van der Waals surface area contributed by atoms with Gasteiger partial charge in [0.1, 0.15) is 17.5 Å². The number of nitrogen functional groups attached to an aromatic ring is 1. The van der Waals surface area contributed by atoms with Crippen LogP contribution in [0.25, 0.3) is 22.4 Å². The van der Waals surface area contributed by atoms with Crippen LogP contribution < -0.4 is 5.73 Å². The third kappa shape index (κ3) is 2.84. The number of nitrogens with two attached hydrogens (primary N) is 1. The summed E-state index contributed by atoms with van der Waals surface area (Å²) in [5.74, 6) is 0.213. The molecule has 4 heteroatoms. The van der Waals surface area contributed by atoms with Gasteiger partial charge < -0.3 is 5.73 Å². The van der Waals surface area contributed by atoms with E-state index in [-0.39, 0.29) is 5.82 Å². The van der Waals surface area contributed by atoms with E-state index >= 15 is 0 Å². The maximum Gasteiger partial charge on any atom is 0.142 e. The average molecular weight is 334 g/mol. The lowest BCUT2D eigenvalue weighted by Gasteiger charge is -2.13. The molecule has 1 heterocycles. The molecule has 1 aromatic heterocycles. The number of benzene rings is 2. The Morgan fingerprint density at radius 1 is 1.00 bits per heavy atom. The highest BCUT2D eigenvalue weighted by atomic mass is 35.5. The molecule has 3 nitrogen and oxygen atoms in total. The van der Waals surface area contributed by atoms with Gasteiger partial charge in [0.25, 0.3) is 0 Å². The van der Waals surface area contributed by atoms with E-state index in [1.807, 2.05) is 50.2 Å². The Morgan fingerprint density at radius 2 is 1.75 bits per heavy atom. The number of hydrogen-bond acceptors (Lipinski definition) is 3. The van der Waals surface area contributed by atoms with Gasteiger partial charge in [-0.15, -0.1) is 0 Å². The van der Waals surface area contributed by atoms with Gasteiger partial charge in [0.15, 0.2) is 0 Å². The summed E-state index contributed by atoms with van der Waals surface area (Å²) >= 11 is 6.32. The van der Waals surface area contributed by atoms with Gasteiger partial charge in [-0.25, -0.2) is 4.98 Å². The molecule has 24 heavy (non-hydrogen) atoms. The van der Waals surface area contributed by atoms with Crippen LogP contribution in [0.4, 0.5) is 5.82 Å². The van der Waals surface area contributed by atoms with E-state index in [4.69, 9.17) is 17.3 Å². The minimum atomic E-state index is 0.213. The average Bonchev–Trinajstić information content (AvgIpc) is 2.54. The third-order valence-corrected chi connectivity index (χ3v) is 4.31. The van der Waals surface area contributed by atoms with Crippen molar-refractivity contribution in [1.29, 1.82) is 5.26 Å². The fourth-order valence-corrected chi connectivity index (χ4v) is 3.05. The highest BCUT2D eigenvalue weighted by Gasteiger charge is 2.16. The Hall–Kier alpha value is -2.83. The fraction of sp³-hybridized carbons (Fsp3) is 0.100. The minimum absolute atomic E-state index is 0.213. The maximum absolute atomic E-state index is 9.49. The number of nitriles is 1. The molecule has 0 aliphatic carbocycles. The second-order valence-corrected chi connectivity index (χ2v) is 6.13. The number of hydrogen-bond donors (Lipinski definition) is 1. The first-order valence-corrected chi connectivity index (χ1v) is 7.92. The lowest BCUT2D eigenvalue weighted by atomic mass is 9.96. The Labute approximate surface area is 146 Å². The summed E-state index contributed by atoms with van der Waals surface area (Å²) in [5, 5.41) is 10.1. The summed E-state index contributed by atoms with van der Waals surface area (Å²) in [6.45, 7) is 4.08. The van der Waals surface area contributed by atoms with Crippen LogP contribution in [0.15, 0.2) is 48.5 Å². The lowest BCUT2D eigenvalue weighted by Crippen LogP contribution is -2.00. The van der Waals surface area contributed by atoms with Gasteiger partial charge in [-0.05, 0) is 31.5 Å². The van der Waals surface area contributed by atoms with Gasteiger partial charge in [0, 0.05) is 21.7 Å². The molecule has 0 saturated carbocycles. The molecular formula is C20H16ClN3. The van der Waals surface area contributed by atoms with Crippen molar-refractivity contribution in [2.24, 2.45) is 0 Å². The predicted molar refractivity (Wildman–Crippen MR) is 98.7 cm³/mol. The van der Waals surface area contributed by atoms with E-state index in [0.717, 1.165) is 22.4 Å². The molecule has 0 bridgehead atoms. The molecule has 0 unspecified atom stereocenters. The standard InChI is InChI=1S/C20H16ClN3/c1-12-7-8-14(13(2)9-12)19-10-16(17(11-22)20(23)24-19)15-5-3-4-6-18(15)21/h3-10H,1-2H3,(H2,23,24). The van der Waals surface area contributed by atoms with Gasteiger partial charge in [-0.1, -0.05) is 53.6 Å². The van der Waals surface area contributed by atoms with E-state index in [9.17, 15) is 5.26 Å². The lowest BCUT2D eigenvalue weighted by molar-refractivity contribution is 1.28. The van der Waals surface area contributed by atoms with Crippen LogP contribution in [0.5, 0.6) is 0 Å². The van der Waals surface area contributed by atoms with Crippen LogP contribution in [-0.2, 0) is 0 Å². The molecule has 0 spiro atoms. The number of aromatic nitrogens is 1. The Kier molecular flexibility index (Phi) is 4.24. The first-order chi connectivity index (χ1) is 11.5. The molecule has 0 aliphatic heterocycles. The smallest absolute Gasteiger partial charge is 0.142 e. The van der Waals surface area contributed by atoms with E-state index in [1.54, 1.807) is 6.07 Å². The number of aryl methyl sites for hydroxylation is 2. The van der Waals surface area contributed by atoms with Crippen molar-refractivity contribution >= 4 is 17.4 Å². The monoisotopic (exact) mass is 333 g/mol. The summed E-state index contributed by atoms with van der Waals surface area (Å²) in [5.41, 5.74) is 11.9. The second kappa shape index (κ2) is 6.35. The number of pyridine rings is 1. The highest BCUT2D eigenvalue weighted by Crippen LogP contribution is 2.35. The van der Waals surface area contributed by atoms with Crippen molar-refractivity contribution < 1.29 is 0 Å². The topological polar surface area (TPSA) is 62.7 Å². The van der Waals surface area contributed by atoms with Crippen LogP contribution in [0.2, 0.25) is 5.02 Å². The fourth-order valence-electron chi connectivity index (χ4n) is 2.81. The SMILES string of the molecule is Cc1ccc(-c2cc(-c3ccccc3Cl)c(C#N)c(N)n2)c(C)c1. The van der Waals surface area contributed by atoms with Crippen LogP contribution in [0.1, 0.15) is 16.7 Å². The number of nitrogens with zero attached hydrogens (tertiary/aromatic N) is 2. The van der Waals surface area contributed by atoms with Crippen LogP contribution in [0, 0.1) is 25.2 Å². The summed E-state index contributed by atoms with van der Waals surface area (Å²) in [7, 11) is 0. The maximum atomic E-state index is 9.49. The van der Waals surface area contributed by atoms with E-state index in [2.05, 4.69) is 17.1 Å². The largest absolute Gasteiger partial charge is 0.383 e. The van der Waals surface area contributed by atoms with Gasteiger partial charge in [-0.2, -0.15) is 5.26 Å². The zero-order valence-corrected chi connectivity index (χ0v) is 14.2. The molecule has 2 aromatic carbocycles. The van der Waals surface area contributed by atoms with Crippen molar-refractivity contribution in [1.82, 2.24) is 4.98 Å². The first-order valence-electron chi connectivity index (χ1n) is 7.54. The first kappa shape index (κ1) is 16.0. The van der Waals surface area contributed by atoms with E-state index in [0.29, 0.717) is 16.1 Å². The molecule has 3 rings (SSSR count). The molecule has 118 valence electrons. The molecule has 0 radical (unpaired) electrons. The Morgan fingerprint density at radius 3 is 2.42 bits per heavy atom. The summed E-state index contributed by atoms with van der Waals surface area (Å²) in [4.78, 5) is 4.43. The van der Waals surface area contributed by atoms with Crippen molar-refractivity contribution in [2.75, 3.05) is 5.73 Å². The minimum Gasteiger partial charge on any atom is -0.383 e. The zero-order chi connectivity index (χ0) is 17.3. The number of anilines is 1.